The Labute approximate surface area is 120 Å². The van der Waals surface area contributed by atoms with Gasteiger partial charge in [0.15, 0.2) is 5.82 Å². The van der Waals surface area contributed by atoms with Gasteiger partial charge >= 0.3 is 0 Å². The number of ether oxygens (including phenoxy) is 1. The molecule has 0 aliphatic rings. The Morgan fingerprint density at radius 3 is 2.71 bits per heavy atom. The van der Waals surface area contributed by atoms with Gasteiger partial charge in [0.05, 0.1) is 19.2 Å². The Bertz CT molecular complexity index is 651. The lowest BCUT2D eigenvalue weighted by Gasteiger charge is -2.10. The van der Waals surface area contributed by atoms with Crippen LogP contribution in [-0.4, -0.2) is 13.0 Å². The van der Waals surface area contributed by atoms with Crippen molar-refractivity contribution in [2.24, 2.45) is 0 Å². The Hall–Kier alpha value is -2.63. The van der Waals surface area contributed by atoms with Crippen LogP contribution in [0.4, 0.5) is 20.2 Å². The molecule has 1 amide bonds. The molecule has 2 aromatic carbocycles. The van der Waals surface area contributed by atoms with Gasteiger partial charge < -0.3 is 15.8 Å². The van der Waals surface area contributed by atoms with E-state index in [9.17, 15) is 13.6 Å². The fraction of sp³-hybridized carbons (Fsp3) is 0.133. The van der Waals surface area contributed by atoms with Gasteiger partial charge in [0, 0.05) is 6.07 Å². The smallest absolute Gasteiger partial charge is 0.228 e. The summed E-state index contributed by atoms with van der Waals surface area (Å²) in [6, 6.07) is 8.55. The van der Waals surface area contributed by atoms with Gasteiger partial charge in [0.25, 0.3) is 0 Å². The highest BCUT2D eigenvalue weighted by molar-refractivity contribution is 5.95. The molecule has 3 N–H and O–H groups in total. The van der Waals surface area contributed by atoms with Crippen molar-refractivity contribution in [1.82, 2.24) is 0 Å². The molecule has 6 heteroatoms. The molecule has 0 bridgehead atoms. The van der Waals surface area contributed by atoms with E-state index in [1.165, 1.54) is 7.11 Å². The molecule has 110 valence electrons. The Morgan fingerprint density at radius 2 is 2.05 bits per heavy atom. The van der Waals surface area contributed by atoms with Crippen LogP contribution < -0.4 is 15.8 Å². The van der Waals surface area contributed by atoms with E-state index in [2.05, 4.69) is 5.32 Å². The van der Waals surface area contributed by atoms with Crippen molar-refractivity contribution in [3.05, 3.63) is 53.6 Å². The van der Waals surface area contributed by atoms with Crippen LogP contribution in [0.2, 0.25) is 0 Å². The number of methoxy groups -OCH3 is 1. The lowest BCUT2D eigenvalue weighted by atomic mass is 10.1. The van der Waals surface area contributed by atoms with Gasteiger partial charge in [0.2, 0.25) is 5.91 Å². The van der Waals surface area contributed by atoms with Crippen molar-refractivity contribution in [3.8, 4) is 5.75 Å². The highest BCUT2D eigenvalue weighted by atomic mass is 19.1. The average Bonchev–Trinajstić information content (AvgIpc) is 2.43. The van der Waals surface area contributed by atoms with Crippen LogP contribution in [0, 0.1) is 11.6 Å². The number of nitrogen functional groups attached to an aromatic ring is 1. The van der Waals surface area contributed by atoms with Crippen LogP contribution in [0.3, 0.4) is 0 Å². The number of carbonyl (C=O) groups is 1. The number of hydrogen-bond donors (Lipinski definition) is 2. The van der Waals surface area contributed by atoms with Crippen molar-refractivity contribution in [2.75, 3.05) is 18.2 Å². The summed E-state index contributed by atoms with van der Waals surface area (Å²) in [4.78, 5) is 11.9. The first-order valence-electron chi connectivity index (χ1n) is 6.17. The number of hydrogen-bond acceptors (Lipinski definition) is 3. The molecule has 21 heavy (non-hydrogen) atoms. The Kier molecular flexibility index (Phi) is 4.37. The zero-order valence-electron chi connectivity index (χ0n) is 11.3. The molecule has 2 rings (SSSR count). The number of anilines is 2. The van der Waals surface area contributed by atoms with E-state index in [0.717, 1.165) is 6.07 Å². The topological polar surface area (TPSA) is 64.3 Å². The molecular weight excluding hydrogens is 278 g/mol. The fourth-order valence-electron chi connectivity index (χ4n) is 1.88. The standard InChI is InChI=1S/C15H14F2N2O2/c1-21-11-4-2-3-9(5-11)6-14(20)19-15-12(17)7-10(16)8-13(15)18/h2-5,7-8H,6,18H2,1H3,(H,19,20). The van der Waals surface area contributed by atoms with Gasteiger partial charge in [-0.1, -0.05) is 12.1 Å². The first-order chi connectivity index (χ1) is 9.99. The van der Waals surface area contributed by atoms with E-state index in [1.807, 2.05) is 0 Å². The van der Waals surface area contributed by atoms with Crippen LogP contribution >= 0.6 is 0 Å². The van der Waals surface area contributed by atoms with E-state index in [0.29, 0.717) is 17.4 Å². The molecule has 0 saturated carbocycles. The third-order valence-corrected chi connectivity index (χ3v) is 2.85. The SMILES string of the molecule is COc1cccc(CC(=O)Nc2c(N)cc(F)cc2F)c1. The van der Waals surface area contributed by atoms with Crippen LogP contribution in [0.5, 0.6) is 5.75 Å². The molecule has 0 heterocycles. The zero-order valence-corrected chi connectivity index (χ0v) is 11.3. The Morgan fingerprint density at radius 1 is 1.29 bits per heavy atom. The first-order valence-corrected chi connectivity index (χ1v) is 6.17. The number of amides is 1. The molecule has 0 aliphatic heterocycles. The molecule has 4 nitrogen and oxygen atoms in total. The van der Waals surface area contributed by atoms with Gasteiger partial charge in [-0.05, 0) is 23.8 Å². The molecule has 0 unspecified atom stereocenters. The molecular formula is C15H14F2N2O2. The molecule has 0 atom stereocenters. The van der Waals surface area contributed by atoms with Crippen LogP contribution in [0.15, 0.2) is 36.4 Å². The van der Waals surface area contributed by atoms with Gasteiger partial charge in [-0.15, -0.1) is 0 Å². The third kappa shape index (κ3) is 3.68. The number of rotatable bonds is 4. The predicted octanol–water partition coefficient (Wildman–Crippen LogP) is 2.74. The van der Waals surface area contributed by atoms with E-state index in [1.54, 1.807) is 24.3 Å². The van der Waals surface area contributed by atoms with Gasteiger partial charge in [0.1, 0.15) is 17.3 Å². The molecule has 0 spiro atoms. The summed E-state index contributed by atoms with van der Waals surface area (Å²) < 4.78 is 31.6. The molecule has 0 saturated heterocycles. The molecule has 2 aromatic rings. The minimum atomic E-state index is -0.911. The van der Waals surface area contributed by atoms with Gasteiger partial charge in [-0.2, -0.15) is 0 Å². The Balaban J connectivity index is 2.12. The number of nitrogens with two attached hydrogens (primary N) is 1. The van der Waals surface area contributed by atoms with E-state index in [4.69, 9.17) is 10.5 Å². The average molecular weight is 292 g/mol. The number of carbonyl (C=O) groups excluding carboxylic acids is 1. The normalized spacial score (nSPS) is 10.2. The zero-order chi connectivity index (χ0) is 15.4. The lowest BCUT2D eigenvalue weighted by molar-refractivity contribution is -0.115. The number of halogens is 2. The molecule has 0 radical (unpaired) electrons. The minimum absolute atomic E-state index is 0.0213. The fourth-order valence-corrected chi connectivity index (χ4v) is 1.88. The number of benzene rings is 2. The second kappa shape index (κ2) is 6.21. The highest BCUT2D eigenvalue weighted by Gasteiger charge is 2.13. The van der Waals surface area contributed by atoms with Crippen molar-refractivity contribution < 1.29 is 18.3 Å². The summed E-state index contributed by atoms with van der Waals surface area (Å²) in [6.07, 6.45) is 0.0213. The second-order valence-corrected chi connectivity index (χ2v) is 4.43. The largest absolute Gasteiger partial charge is 0.497 e. The van der Waals surface area contributed by atoms with Crippen LogP contribution in [-0.2, 0) is 11.2 Å². The predicted molar refractivity (Wildman–Crippen MR) is 76.1 cm³/mol. The van der Waals surface area contributed by atoms with E-state index >= 15 is 0 Å². The summed E-state index contributed by atoms with van der Waals surface area (Å²) >= 11 is 0. The molecule has 0 fully saturated rings. The monoisotopic (exact) mass is 292 g/mol. The summed E-state index contributed by atoms with van der Waals surface area (Å²) in [5.41, 5.74) is 5.82. The van der Waals surface area contributed by atoms with Crippen molar-refractivity contribution in [1.29, 1.82) is 0 Å². The van der Waals surface area contributed by atoms with E-state index in [-0.39, 0.29) is 17.8 Å². The molecule has 0 aromatic heterocycles. The first kappa shape index (κ1) is 14.8. The maximum Gasteiger partial charge on any atom is 0.228 e. The van der Waals surface area contributed by atoms with Gasteiger partial charge in [-0.25, -0.2) is 8.78 Å². The maximum absolute atomic E-state index is 13.6. The lowest BCUT2D eigenvalue weighted by Crippen LogP contribution is -2.16. The van der Waals surface area contributed by atoms with E-state index < -0.39 is 17.5 Å². The quantitative estimate of drug-likeness (QED) is 0.852. The van der Waals surface area contributed by atoms with Crippen LogP contribution in [0.25, 0.3) is 0 Å². The molecule has 0 aliphatic carbocycles. The summed E-state index contributed by atoms with van der Waals surface area (Å²) in [6.45, 7) is 0. The van der Waals surface area contributed by atoms with Crippen molar-refractivity contribution >= 4 is 17.3 Å². The summed E-state index contributed by atoms with van der Waals surface area (Å²) in [5.74, 6) is -1.55. The third-order valence-electron chi connectivity index (χ3n) is 2.85. The van der Waals surface area contributed by atoms with Crippen molar-refractivity contribution in [2.45, 2.75) is 6.42 Å². The second-order valence-electron chi connectivity index (χ2n) is 4.43. The van der Waals surface area contributed by atoms with Crippen molar-refractivity contribution in [3.63, 3.8) is 0 Å². The van der Waals surface area contributed by atoms with Gasteiger partial charge in [-0.3, -0.25) is 4.79 Å². The summed E-state index contributed by atoms with van der Waals surface area (Å²) in [7, 11) is 1.52. The minimum Gasteiger partial charge on any atom is -0.497 e. The van der Waals surface area contributed by atoms with Crippen LogP contribution in [0.1, 0.15) is 5.56 Å². The summed E-state index contributed by atoms with van der Waals surface area (Å²) in [5, 5.41) is 2.35. The number of nitrogens with one attached hydrogen (secondary N) is 1. The highest BCUT2D eigenvalue weighted by Crippen LogP contribution is 2.24. The maximum atomic E-state index is 13.6.